The van der Waals surface area contributed by atoms with Crippen molar-refractivity contribution in [3.05, 3.63) is 0 Å². The molecule has 0 saturated heterocycles. The Kier molecular flexibility index (Phi) is 7.48. The van der Waals surface area contributed by atoms with E-state index >= 15 is 0 Å². The SMILES string of the molecule is CC(C)N(CCNCC(=O)NC(C)(C)C)C(C)C. The molecule has 1 amide bonds. The average Bonchev–Trinajstić information content (AvgIpc) is 2.12. The molecule has 0 atom stereocenters. The molecule has 0 spiro atoms. The van der Waals surface area contributed by atoms with Gasteiger partial charge < -0.3 is 10.6 Å². The molecule has 0 bridgehead atoms. The Bertz CT molecular complexity index is 236. The van der Waals surface area contributed by atoms with E-state index < -0.39 is 0 Å². The highest BCUT2D eigenvalue weighted by Gasteiger charge is 2.14. The zero-order valence-electron chi connectivity index (χ0n) is 13.1. The van der Waals surface area contributed by atoms with E-state index in [4.69, 9.17) is 0 Å². The van der Waals surface area contributed by atoms with Gasteiger partial charge in [-0.3, -0.25) is 9.69 Å². The summed E-state index contributed by atoms with van der Waals surface area (Å²) >= 11 is 0. The molecular formula is C14H31N3O. The van der Waals surface area contributed by atoms with Crippen molar-refractivity contribution in [2.24, 2.45) is 0 Å². The minimum atomic E-state index is -0.152. The van der Waals surface area contributed by atoms with Crippen LogP contribution in [0.1, 0.15) is 48.5 Å². The van der Waals surface area contributed by atoms with Gasteiger partial charge in [0.15, 0.2) is 0 Å². The monoisotopic (exact) mass is 257 g/mol. The molecule has 0 aliphatic heterocycles. The van der Waals surface area contributed by atoms with Crippen LogP contribution in [0.3, 0.4) is 0 Å². The predicted molar refractivity (Wildman–Crippen MR) is 77.7 cm³/mol. The number of amides is 1. The van der Waals surface area contributed by atoms with Crippen molar-refractivity contribution < 1.29 is 4.79 Å². The molecule has 0 saturated carbocycles. The van der Waals surface area contributed by atoms with Crippen molar-refractivity contribution in [1.29, 1.82) is 0 Å². The Morgan fingerprint density at radius 1 is 1.11 bits per heavy atom. The van der Waals surface area contributed by atoms with Crippen molar-refractivity contribution >= 4 is 5.91 Å². The molecule has 0 radical (unpaired) electrons. The number of nitrogens with zero attached hydrogens (tertiary/aromatic N) is 1. The fourth-order valence-corrected chi connectivity index (χ4v) is 1.99. The maximum Gasteiger partial charge on any atom is 0.234 e. The molecule has 18 heavy (non-hydrogen) atoms. The van der Waals surface area contributed by atoms with Crippen LogP contribution in [0.15, 0.2) is 0 Å². The maximum atomic E-state index is 11.6. The van der Waals surface area contributed by atoms with Crippen LogP contribution in [0.25, 0.3) is 0 Å². The van der Waals surface area contributed by atoms with Gasteiger partial charge in [0, 0.05) is 30.7 Å². The number of rotatable bonds is 7. The van der Waals surface area contributed by atoms with Crippen LogP contribution in [0.2, 0.25) is 0 Å². The Hall–Kier alpha value is -0.610. The molecule has 0 aromatic heterocycles. The summed E-state index contributed by atoms with van der Waals surface area (Å²) in [6.45, 7) is 17.0. The number of hydrogen-bond donors (Lipinski definition) is 2. The van der Waals surface area contributed by atoms with Gasteiger partial charge >= 0.3 is 0 Å². The first-order valence-corrected chi connectivity index (χ1v) is 6.91. The largest absolute Gasteiger partial charge is 0.350 e. The Labute approximate surface area is 113 Å². The van der Waals surface area contributed by atoms with E-state index in [2.05, 4.69) is 43.2 Å². The summed E-state index contributed by atoms with van der Waals surface area (Å²) in [6, 6.07) is 1.07. The normalized spacial score (nSPS) is 12.6. The maximum absolute atomic E-state index is 11.6. The van der Waals surface area contributed by atoms with Crippen molar-refractivity contribution in [3.63, 3.8) is 0 Å². The molecule has 0 aromatic carbocycles. The molecule has 4 heteroatoms. The lowest BCUT2D eigenvalue weighted by atomic mass is 10.1. The first-order chi connectivity index (χ1) is 8.13. The molecule has 0 aliphatic rings. The Balaban J connectivity index is 3.82. The smallest absolute Gasteiger partial charge is 0.234 e. The van der Waals surface area contributed by atoms with Gasteiger partial charge in [-0.1, -0.05) is 0 Å². The van der Waals surface area contributed by atoms with Crippen LogP contribution >= 0.6 is 0 Å². The standard InChI is InChI=1S/C14H31N3O/c1-11(2)17(12(3)4)9-8-15-10-13(18)16-14(5,6)7/h11-12,15H,8-10H2,1-7H3,(H,16,18). The van der Waals surface area contributed by atoms with Gasteiger partial charge in [0.05, 0.1) is 6.54 Å². The highest BCUT2D eigenvalue weighted by molar-refractivity contribution is 5.78. The summed E-state index contributed by atoms with van der Waals surface area (Å²) < 4.78 is 0. The van der Waals surface area contributed by atoms with Crippen molar-refractivity contribution in [1.82, 2.24) is 15.5 Å². The molecule has 0 fully saturated rings. The molecular weight excluding hydrogens is 226 g/mol. The van der Waals surface area contributed by atoms with Crippen LogP contribution in [0.4, 0.5) is 0 Å². The summed E-state index contributed by atoms with van der Waals surface area (Å²) in [5.41, 5.74) is -0.152. The summed E-state index contributed by atoms with van der Waals surface area (Å²) in [4.78, 5) is 14.0. The minimum absolute atomic E-state index is 0.0585. The number of hydrogen-bond acceptors (Lipinski definition) is 3. The van der Waals surface area contributed by atoms with Gasteiger partial charge in [-0.05, 0) is 48.5 Å². The van der Waals surface area contributed by atoms with Gasteiger partial charge in [-0.2, -0.15) is 0 Å². The van der Waals surface area contributed by atoms with E-state index in [0.29, 0.717) is 18.6 Å². The molecule has 0 rings (SSSR count). The summed E-state index contributed by atoms with van der Waals surface area (Å²) in [6.07, 6.45) is 0. The topological polar surface area (TPSA) is 44.4 Å². The van der Waals surface area contributed by atoms with Gasteiger partial charge in [0.1, 0.15) is 0 Å². The third kappa shape index (κ3) is 8.48. The third-order valence-electron chi connectivity index (χ3n) is 2.67. The molecule has 4 nitrogen and oxygen atoms in total. The molecule has 2 N–H and O–H groups in total. The zero-order valence-corrected chi connectivity index (χ0v) is 13.1. The van der Waals surface area contributed by atoms with Gasteiger partial charge in [0.2, 0.25) is 5.91 Å². The molecule has 108 valence electrons. The van der Waals surface area contributed by atoms with Gasteiger partial charge in [-0.15, -0.1) is 0 Å². The van der Waals surface area contributed by atoms with E-state index in [1.807, 2.05) is 20.8 Å². The second-order valence-electron chi connectivity index (χ2n) is 6.40. The Morgan fingerprint density at radius 2 is 1.61 bits per heavy atom. The van der Waals surface area contributed by atoms with Crippen LogP contribution in [0, 0.1) is 0 Å². The van der Waals surface area contributed by atoms with Crippen LogP contribution in [-0.2, 0) is 4.79 Å². The predicted octanol–water partition coefficient (Wildman–Crippen LogP) is 1.61. The second kappa shape index (κ2) is 7.74. The fraction of sp³-hybridized carbons (Fsp3) is 0.929. The lowest BCUT2D eigenvalue weighted by Gasteiger charge is -2.30. The highest BCUT2D eigenvalue weighted by Crippen LogP contribution is 2.03. The second-order valence-corrected chi connectivity index (χ2v) is 6.40. The van der Waals surface area contributed by atoms with E-state index in [1.165, 1.54) is 0 Å². The molecule has 0 heterocycles. The summed E-state index contributed by atoms with van der Waals surface area (Å²) in [7, 11) is 0. The lowest BCUT2D eigenvalue weighted by molar-refractivity contribution is -0.121. The van der Waals surface area contributed by atoms with Crippen LogP contribution < -0.4 is 10.6 Å². The summed E-state index contributed by atoms with van der Waals surface area (Å²) in [5, 5.41) is 6.13. The number of carbonyl (C=O) groups excluding carboxylic acids is 1. The quantitative estimate of drug-likeness (QED) is 0.681. The first kappa shape index (κ1) is 17.4. The van der Waals surface area contributed by atoms with Crippen LogP contribution in [0.5, 0.6) is 0 Å². The van der Waals surface area contributed by atoms with Crippen molar-refractivity contribution in [2.45, 2.75) is 66.1 Å². The van der Waals surface area contributed by atoms with Crippen molar-refractivity contribution in [3.8, 4) is 0 Å². The first-order valence-electron chi connectivity index (χ1n) is 6.91. The van der Waals surface area contributed by atoms with E-state index in [9.17, 15) is 4.79 Å². The highest BCUT2D eigenvalue weighted by atomic mass is 16.2. The molecule has 0 unspecified atom stereocenters. The fourth-order valence-electron chi connectivity index (χ4n) is 1.99. The van der Waals surface area contributed by atoms with Crippen LogP contribution in [-0.4, -0.2) is 48.1 Å². The van der Waals surface area contributed by atoms with E-state index in [1.54, 1.807) is 0 Å². The van der Waals surface area contributed by atoms with Gasteiger partial charge in [0.25, 0.3) is 0 Å². The van der Waals surface area contributed by atoms with Crippen molar-refractivity contribution in [2.75, 3.05) is 19.6 Å². The Morgan fingerprint density at radius 3 is 2.00 bits per heavy atom. The van der Waals surface area contributed by atoms with E-state index in [-0.39, 0.29) is 11.4 Å². The van der Waals surface area contributed by atoms with Gasteiger partial charge in [-0.25, -0.2) is 0 Å². The number of carbonyl (C=O) groups is 1. The molecule has 0 aromatic rings. The summed E-state index contributed by atoms with van der Waals surface area (Å²) in [5.74, 6) is 0.0585. The lowest BCUT2D eigenvalue weighted by Crippen LogP contribution is -2.46. The number of nitrogens with one attached hydrogen (secondary N) is 2. The van der Waals surface area contributed by atoms with E-state index in [0.717, 1.165) is 13.1 Å². The average molecular weight is 257 g/mol. The molecule has 0 aliphatic carbocycles. The minimum Gasteiger partial charge on any atom is -0.350 e. The third-order valence-corrected chi connectivity index (χ3v) is 2.67. The zero-order chi connectivity index (χ0) is 14.3.